The average Bonchev–Trinajstić information content (AvgIpc) is 2.64. The first-order chi connectivity index (χ1) is 9.37. The molecule has 3 unspecified atom stereocenters. The molecule has 1 aliphatic rings. The van der Waals surface area contributed by atoms with E-state index in [4.69, 9.17) is 15.6 Å². The van der Waals surface area contributed by atoms with Crippen molar-refractivity contribution in [2.45, 2.75) is 38.2 Å². The van der Waals surface area contributed by atoms with Gasteiger partial charge in [-0.25, -0.2) is 4.79 Å². The van der Waals surface area contributed by atoms with E-state index in [0.29, 0.717) is 4.57 Å². The van der Waals surface area contributed by atoms with Crippen molar-refractivity contribution < 1.29 is 23.7 Å². The quantitative estimate of drug-likeness (QED) is 0.692. The van der Waals surface area contributed by atoms with Gasteiger partial charge in [-0.1, -0.05) is 13.8 Å². The fourth-order valence-electron chi connectivity index (χ4n) is 1.72. The first-order valence-electron chi connectivity index (χ1n) is 6.04. The third-order valence-electron chi connectivity index (χ3n) is 2.66. The number of nitrogen functional groups attached to an aromatic ring is 1. The van der Waals surface area contributed by atoms with Gasteiger partial charge in [0.25, 0.3) is 0 Å². The van der Waals surface area contributed by atoms with E-state index in [-0.39, 0.29) is 5.82 Å². The van der Waals surface area contributed by atoms with Crippen molar-refractivity contribution in [1.82, 2.24) is 9.55 Å². The van der Waals surface area contributed by atoms with Gasteiger partial charge in [-0.2, -0.15) is 13.8 Å². The highest BCUT2D eigenvalue weighted by Gasteiger charge is 2.59. The molecule has 3 atom stereocenters. The number of nitrogens with zero attached hydrogens (tertiary/aromatic N) is 2. The molecule has 1 aliphatic heterocycles. The average molecular weight is 293 g/mol. The van der Waals surface area contributed by atoms with Crippen molar-refractivity contribution in [2.75, 3.05) is 12.3 Å². The fourth-order valence-corrected chi connectivity index (χ4v) is 1.72. The first kappa shape index (κ1) is 16.5. The van der Waals surface area contributed by atoms with Gasteiger partial charge in [0, 0.05) is 6.20 Å². The first-order valence-corrected chi connectivity index (χ1v) is 6.04. The van der Waals surface area contributed by atoms with Gasteiger partial charge in [0.15, 0.2) is 6.10 Å². The molecule has 0 aliphatic carbocycles. The maximum absolute atomic E-state index is 13.7. The Balaban J connectivity index is 0.000000956. The Hall–Kier alpha value is -1.58. The third-order valence-corrected chi connectivity index (χ3v) is 2.66. The molecule has 1 aromatic rings. The molecular weight excluding hydrogens is 276 g/mol. The molecule has 0 radical (unpaired) electrons. The lowest BCUT2D eigenvalue weighted by Crippen LogP contribution is -2.41. The Kier molecular flexibility index (Phi) is 5.15. The normalized spacial score (nSPS) is 27.8. The second kappa shape index (κ2) is 6.25. The summed E-state index contributed by atoms with van der Waals surface area (Å²) >= 11 is 0. The molecule has 4 N–H and O–H groups in total. The van der Waals surface area contributed by atoms with Gasteiger partial charge in [-0.3, -0.25) is 4.57 Å². The Morgan fingerprint density at radius 2 is 2.15 bits per heavy atom. The summed E-state index contributed by atoms with van der Waals surface area (Å²) in [6, 6.07) is 1.15. The SMILES string of the molecule is CC.Nc1ccn(C2OC(CO)C(O)C2(F)F)c(=O)n1. The van der Waals surface area contributed by atoms with Gasteiger partial charge < -0.3 is 20.7 Å². The predicted molar refractivity (Wildman–Crippen MR) is 66.2 cm³/mol. The number of alkyl halides is 2. The van der Waals surface area contributed by atoms with E-state index >= 15 is 0 Å². The maximum atomic E-state index is 13.7. The van der Waals surface area contributed by atoms with E-state index in [1.54, 1.807) is 0 Å². The van der Waals surface area contributed by atoms with Crippen LogP contribution < -0.4 is 11.4 Å². The summed E-state index contributed by atoms with van der Waals surface area (Å²) in [6.07, 6.45) is -4.69. The molecule has 1 fully saturated rings. The van der Waals surface area contributed by atoms with Crippen LogP contribution in [0.2, 0.25) is 0 Å². The molecule has 9 heteroatoms. The minimum Gasteiger partial charge on any atom is -0.394 e. The minimum atomic E-state index is -3.71. The monoisotopic (exact) mass is 293 g/mol. The molecule has 0 bridgehead atoms. The van der Waals surface area contributed by atoms with E-state index in [1.165, 1.54) is 0 Å². The lowest BCUT2D eigenvalue weighted by Gasteiger charge is -2.20. The van der Waals surface area contributed by atoms with Gasteiger partial charge in [-0.05, 0) is 6.07 Å². The Bertz CT molecular complexity index is 509. The number of nitrogens with two attached hydrogens (primary N) is 1. The number of rotatable bonds is 2. The van der Waals surface area contributed by atoms with Crippen LogP contribution in [0.25, 0.3) is 0 Å². The van der Waals surface area contributed by atoms with Crippen LogP contribution in [-0.2, 0) is 4.74 Å². The standard InChI is InChI=1S/C9H11F2N3O4.C2H6/c10-9(11)6(16)4(3-15)18-7(9)14-2-1-5(12)13-8(14)17;1-2/h1-2,4,6-7,15-16H,3H2,(H2,12,13,17);1-2H3. The van der Waals surface area contributed by atoms with Crippen molar-refractivity contribution in [3.8, 4) is 0 Å². The van der Waals surface area contributed by atoms with E-state index in [9.17, 15) is 18.7 Å². The molecular formula is C11H17F2N3O4. The van der Waals surface area contributed by atoms with Gasteiger partial charge in [0.2, 0.25) is 6.23 Å². The number of ether oxygens (including phenoxy) is 1. The predicted octanol–water partition coefficient (Wildman–Crippen LogP) is -0.262. The van der Waals surface area contributed by atoms with E-state index < -0.39 is 36.7 Å². The Morgan fingerprint density at radius 3 is 2.60 bits per heavy atom. The summed E-state index contributed by atoms with van der Waals surface area (Å²) in [5.74, 6) is -3.83. The molecule has 0 saturated carbocycles. The minimum absolute atomic E-state index is 0.114. The number of hydrogen-bond acceptors (Lipinski definition) is 6. The van der Waals surface area contributed by atoms with Gasteiger partial charge in [-0.15, -0.1) is 0 Å². The van der Waals surface area contributed by atoms with Crippen molar-refractivity contribution in [3.05, 3.63) is 22.7 Å². The highest BCUT2D eigenvalue weighted by molar-refractivity contribution is 5.23. The van der Waals surface area contributed by atoms with Crippen molar-refractivity contribution in [1.29, 1.82) is 0 Å². The molecule has 0 amide bonds. The second-order valence-electron chi connectivity index (χ2n) is 3.87. The van der Waals surface area contributed by atoms with E-state index in [2.05, 4.69) is 4.98 Å². The molecule has 114 valence electrons. The molecule has 0 aromatic carbocycles. The summed E-state index contributed by atoms with van der Waals surface area (Å²) in [7, 11) is 0. The highest BCUT2D eigenvalue weighted by Crippen LogP contribution is 2.41. The summed E-state index contributed by atoms with van der Waals surface area (Å²) in [6.45, 7) is 3.21. The molecule has 2 rings (SSSR count). The number of aliphatic hydroxyl groups excluding tert-OH is 2. The zero-order valence-corrected chi connectivity index (χ0v) is 11.0. The number of anilines is 1. The summed E-state index contributed by atoms with van der Waals surface area (Å²) in [4.78, 5) is 14.7. The largest absolute Gasteiger partial charge is 0.394 e. The molecule has 1 saturated heterocycles. The van der Waals surface area contributed by atoms with E-state index in [1.807, 2.05) is 13.8 Å². The molecule has 20 heavy (non-hydrogen) atoms. The van der Waals surface area contributed by atoms with Crippen LogP contribution in [0.1, 0.15) is 20.1 Å². The zero-order chi connectivity index (χ0) is 15.5. The van der Waals surface area contributed by atoms with Crippen molar-refractivity contribution in [2.24, 2.45) is 0 Å². The van der Waals surface area contributed by atoms with Crippen LogP contribution in [0.4, 0.5) is 14.6 Å². The van der Waals surface area contributed by atoms with Crippen LogP contribution in [0.15, 0.2) is 17.1 Å². The smallest absolute Gasteiger partial charge is 0.351 e. The Morgan fingerprint density at radius 1 is 1.55 bits per heavy atom. The van der Waals surface area contributed by atoms with Crippen LogP contribution in [0.5, 0.6) is 0 Å². The van der Waals surface area contributed by atoms with Crippen LogP contribution >= 0.6 is 0 Å². The number of aliphatic hydroxyl groups is 2. The molecule has 0 spiro atoms. The summed E-state index contributed by atoms with van der Waals surface area (Å²) in [5.41, 5.74) is 4.21. The number of halogens is 2. The number of aromatic nitrogens is 2. The van der Waals surface area contributed by atoms with Crippen LogP contribution in [0.3, 0.4) is 0 Å². The van der Waals surface area contributed by atoms with Gasteiger partial charge in [0.1, 0.15) is 11.9 Å². The Labute approximate surface area is 113 Å². The molecule has 7 nitrogen and oxygen atoms in total. The fraction of sp³-hybridized carbons (Fsp3) is 0.636. The second-order valence-corrected chi connectivity index (χ2v) is 3.87. The van der Waals surface area contributed by atoms with Crippen LogP contribution in [-0.4, -0.2) is 44.5 Å². The molecule has 2 heterocycles. The topological polar surface area (TPSA) is 111 Å². The number of hydrogen-bond donors (Lipinski definition) is 3. The highest BCUT2D eigenvalue weighted by atomic mass is 19.3. The lowest BCUT2D eigenvalue weighted by molar-refractivity contribution is -0.140. The lowest BCUT2D eigenvalue weighted by atomic mass is 10.1. The van der Waals surface area contributed by atoms with Crippen molar-refractivity contribution in [3.63, 3.8) is 0 Å². The molecule has 1 aromatic heterocycles. The van der Waals surface area contributed by atoms with Crippen molar-refractivity contribution >= 4 is 5.82 Å². The zero-order valence-electron chi connectivity index (χ0n) is 11.0. The van der Waals surface area contributed by atoms with Gasteiger partial charge >= 0.3 is 11.6 Å². The van der Waals surface area contributed by atoms with Gasteiger partial charge in [0.05, 0.1) is 6.61 Å². The third kappa shape index (κ3) is 2.79. The summed E-state index contributed by atoms with van der Waals surface area (Å²) in [5, 5.41) is 18.1. The van der Waals surface area contributed by atoms with Crippen LogP contribution in [0, 0.1) is 0 Å². The maximum Gasteiger partial charge on any atom is 0.351 e. The summed E-state index contributed by atoms with van der Waals surface area (Å²) < 4.78 is 32.7. The van der Waals surface area contributed by atoms with E-state index in [0.717, 1.165) is 12.3 Å².